The second kappa shape index (κ2) is 4.97. The quantitative estimate of drug-likeness (QED) is 0.840. The Hall–Kier alpha value is -0.570. The smallest absolute Gasteiger partial charge is 0.0879 e. The second-order valence-corrected chi connectivity index (χ2v) is 4.36. The number of ether oxygens (including phenoxy) is 1. The van der Waals surface area contributed by atoms with Crippen LogP contribution in [-0.2, 0) is 4.74 Å². The Morgan fingerprint density at radius 3 is 2.93 bits per heavy atom. The van der Waals surface area contributed by atoms with E-state index in [1.807, 2.05) is 24.3 Å². The zero-order chi connectivity index (χ0) is 10.7. The van der Waals surface area contributed by atoms with Crippen molar-refractivity contribution >= 4 is 11.6 Å². The summed E-state index contributed by atoms with van der Waals surface area (Å²) in [5.41, 5.74) is 6.84. The van der Waals surface area contributed by atoms with Crippen LogP contribution in [0, 0.1) is 5.92 Å². The fourth-order valence-electron chi connectivity index (χ4n) is 2.13. The van der Waals surface area contributed by atoms with Crippen molar-refractivity contribution in [3.63, 3.8) is 0 Å². The third-order valence-corrected chi connectivity index (χ3v) is 3.30. The van der Waals surface area contributed by atoms with Crippen LogP contribution < -0.4 is 5.73 Å². The predicted molar refractivity (Wildman–Crippen MR) is 61.9 cm³/mol. The highest BCUT2D eigenvalue weighted by molar-refractivity contribution is 6.31. The summed E-state index contributed by atoms with van der Waals surface area (Å²) < 4.78 is 5.78. The van der Waals surface area contributed by atoms with Gasteiger partial charge in [-0.05, 0) is 31.0 Å². The van der Waals surface area contributed by atoms with Gasteiger partial charge in [-0.2, -0.15) is 0 Å². The summed E-state index contributed by atoms with van der Waals surface area (Å²) in [7, 11) is 0. The van der Waals surface area contributed by atoms with Gasteiger partial charge in [0.15, 0.2) is 0 Å². The highest BCUT2D eigenvalue weighted by atomic mass is 35.5. The van der Waals surface area contributed by atoms with Gasteiger partial charge in [0.05, 0.1) is 6.10 Å². The van der Waals surface area contributed by atoms with Gasteiger partial charge < -0.3 is 10.5 Å². The van der Waals surface area contributed by atoms with Crippen molar-refractivity contribution in [2.24, 2.45) is 11.7 Å². The highest BCUT2D eigenvalue weighted by Crippen LogP contribution is 2.36. The van der Waals surface area contributed by atoms with Crippen LogP contribution in [0.15, 0.2) is 24.3 Å². The largest absolute Gasteiger partial charge is 0.373 e. The van der Waals surface area contributed by atoms with Gasteiger partial charge in [0.25, 0.3) is 0 Å². The van der Waals surface area contributed by atoms with E-state index in [4.69, 9.17) is 22.1 Å². The Morgan fingerprint density at radius 1 is 1.40 bits per heavy atom. The zero-order valence-electron chi connectivity index (χ0n) is 8.66. The summed E-state index contributed by atoms with van der Waals surface area (Å²) in [6.45, 7) is 1.47. The lowest BCUT2D eigenvalue weighted by Crippen LogP contribution is -2.28. The van der Waals surface area contributed by atoms with E-state index in [1.165, 1.54) is 0 Å². The lowest BCUT2D eigenvalue weighted by Gasteiger charge is -2.31. The van der Waals surface area contributed by atoms with E-state index in [0.717, 1.165) is 30.0 Å². The Morgan fingerprint density at radius 2 is 2.20 bits per heavy atom. The zero-order valence-corrected chi connectivity index (χ0v) is 9.41. The van der Waals surface area contributed by atoms with Crippen LogP contribution in [-0.4, -0.2) is 13.2 Å². The number of nitrogens with two attached hydrogens (primary N) is 1. The van der Waals surface area contributed by atoms with Crippen LogP contribution in [0.1, 0.15) is 24.5 Å². The number of benzene rings is 1. The molecule has 15 heavy (non-hydrogen) atoms. The van der Waals surface area contributed by atoms with Gasteiger partial charge in [-0.15, -0.1) is 0 Å². The van der Waals surface area contributed by atoms with Gasteiger partial charge in [-0.3, -0.25) is 0 Å². The Balaban J connectivity index is 2.24. The van der Waals surface area contributed by atoms with Gasteiger partial charge in [-0.1, -0.05) is 29.8 Å². The van der Waals surface area contributed by atoms with Crippen molar-refractivity contribution in [1.82, 2.24) is 0 Å². The van der Waals surface area contributed by atoms with E-state index >= 15 is 0 Å². The van der Waals surface area contributed by atoms with E-state index in [0.29, 0.717) is 12.5 Å². The minimum Gasteiger partial charge on any atom is -0.373 e. The van der Waals surface area contributed by atoms with Crippen LogP contribution in [0.5, 0.6) is 0 Å². The average molecular weight is 226 g/mol. The minimum absolute atomic E-state index is 0.0810. The molecule has 1 heterocycles. The molecule has 1 fully saturated rings. The molecule has 0 radical (unpaired) electrons. The van der Waals surface area contributed by atoms with Crippen LogP contribution in [0.4, 0.5) is 0 Å². The monoisotopic (exact) mass is 225 g/mol. The van der Waals surface area contributed by atoms with E-state index < -0.39 is 0 Å². The molecule has 0 aromatic heterocycles. The standard InChI is InChI=1S/C12H16ClNO/c13-11-6-2-1-5-10(11)12-9(8-14)4-3-7-15-12/h1-2,5-6,9,12H,3-4,7-8,14H2. The molecule has 82 valence electrons. The third-order valence-electron chi connectivity index (χ3n) is 2.96. The van der Waals surface area contributed by atoms with Gasteiger partial charge in [0.1, 0.15) is 0 Å². The molecule has 1 saturated heterocycles. The van der Waals surface area contributed by atoms with Gasteiger partial charge in [-0.25, -0.2) is 0 Å². The van der Waals surface area contributed by atoms with Gasteiger partial charge in [0.2, 0.25) is 0 Å². The SMILES string of the molecule is NCC1CCCOC1c1ccccc1Cl. The summed E-state index contributed by atoms with van der Waals surface area (Å²) in [5.74, 6) is 0.402. The number of rotatable bonds is 2. The lowest BCUT2D eigenvalue weighted by atomic mass is 9.89. The number of hydrogen-bond donors (Lipinski definition) is 1. The fraction of sp³-hybridized carbons (Fsp3) is 0.500. The maximum Gasteiger partial charge on any atom is 0.0879 e. The lowest BCUT2D eigenvalue weighted by molar-refractivity contribution is -0.0251. The molecule has 0 amide bonds. The summed E-state index contributed by atoms with van der Waals surface area (Å²) >= 11 is 6.16. The maximum atomic E-state index is 6.16. The first-order chi connectivity index (χ1) is 7.33. The summed E-state index contributed by atoms with van der Waals surface area (Å²) in [4.78, 5) is 0. The van der Waals surface area contributed by atoms with Crippen molar-refractivity contribution in [1.29, 1.82) is 0 Å². The van der Waals surface area contributed by atoms with Crippen LogP contribution in [0.2, 0.25) is 5.02 Å². The van der Waals surface area contributed by atoms with Crippen molar-refractivity contribution in [2.45, 2.75) is 18.9 Å². The van der Waals surface area contributed by atoms with Crippen LogP contribution >= 0.6 is 11.6 Å². The molecule has 1 aliphatic rings. The van der Waals surface area contributed by atoms with E-state index in [9.17, 15) is 0 Å². The number of hydrogen-bond acceptors (Lipinski definition) is 2. The Bertz CT molecular complexity index is 329. The summed E-state index contributed by atoms with van der Waals surface area (Å²) in [6.07, 6.45) is 2.31. The van der Waals surface area contributed by atoms with E-state index in [2.05, 4.69) is 0 Å². The van der Waals surface area contributed by atoms with Crippen LogP contribution in [0.3, 0.4) is 0 Å². The Kier molecular flexibility index (Phi) is 3.62. The molecule has 0 bridgehead atoms. The fourth-order valence-corrected chi connectivity index (χ4v) is 2.38. The molecule has 0 saturated carbocycles. The summed E-state index contributed by atoms with van der Waals surface area (Å²) in [5, 5.41) is 0.780. The highest BCUT2D eigenvalue weighted by Gasteiger charge is 2.27. The van der Waals surface area contributed by atoms with Crippen LogP contribution in [0.25, 0.3) is 0 Å². The van der Waals surface area contributed by atoms with Crippen molar-refractivity contribution in [2.75, 3.05) is 13.2 Å². The summed E-state index contributed by atoms with van der Waals surface area (Å²) in [6, 6.07) is 7.86. The first-order valence-corrected chi connectivity index (χ1v) is 5.77. The molecule has 2 N–H and O–H groups in total. The van der Waals surface area contributed by atoms with Crippen molar-refractivity contribution < 1.29 is 4.74 Å². The third kappa shape index (κ3) is 2.33. The molecule has 0 spiro atoms. The number of halogens is 1. The first kappa shape index (κ1) is 10.9. The topological polar surface area (TPSA) is 35.2 Å². The molecule has 2 rings (SSSR count). The molecule has 2 nitrogen and oxygen atoms in total. The second-order valence-electron chi connectivity index (χ2n) is 3.95. The molecule has 1 aromatic carbocycles. The molecule has 2 unspecified atom stereocenters. The predicted octanol–water partition coefficient (Wildman–Crippen LogP) is 2.77. The van der Waals surface area contributed by atoms with Gasteiger partial charge in [0, 0.05) is 17.5 Å². The molecule has 1 aliphatic heterocycles. The molecular formula is C12H16ClNO. The molecule has 1 aromatic rings. The van der Waals surface area contributed by atoms with Crippen molar-refractivity contribution in [3.05, 3.63) is 34.9 Å². The Labute approximate surface area is 95.4 Å². The van der Waals surface area contributed by atoms with E-state index in [-0.39, 0.29) is 6.10 Å². The average Bonchev–Trinajstić information content (AvgIpc) is 2.30. The normalized spacial score (nSPS) is 26.5. The molecule has 2 atom stereocenters. The van der Waals surface area contributed by atoms with E-state index in [1.54, 1.807) is 0 Å². The maximum absolute atomic E-state index is 6.16. The molecular weight excluding hydrogens is 210 g/mol. The van der Waals surface area contributed by atoms with Gasteiger partial charge >= 0.3 is 0 Å². The molecule has 0 aliphatic carbocycles. The molecule has 3 heteroatoms. The minimum atomic E-state index is 0.0810. The van der Waals surface area contributed by atoms with Crippen molar-refractivity contribution in [3.8, 4) is 0 Å². The first-order valence-electron chi connectivity index (χ1n) is 5.39.